The first-order valence-electron chi connectivity index (χ1n) is 10.6. The maximum Gasteiger partial charge on any atom is 0.265 e. The number of fused-ring (bicyclic) bond motifs is 1. The molecule has 0 atom stereocenters. The van der Waals surface area contributed by atoms with E-state index in [2.05, 4.69) is 36.5 Å². The third-order valence-corrected chi connectivity index (χ3v) is 5.73. The Bertz CT molecular complexity index is 985. The number of nitrogens with one attached hydrogen (secondary N) is 1. The average molecular weight is 376 g/mol. The molecule has 1 aromatic carbocycles. The van der Waals surface area contributed by atoms with Gasteiger partial charge < -0.3 is 5.32 Å². The van der Waals surface area contributed by atoms with Gasteiger partial charge in [-0.25, -0.2) is 4.98 Å². The molecule has 1 aliphatic rings. The maximum absolute atomic E-state index is 13.2. The van der Waals surface area contributed by atoms with Crippen molar-refractivity contribution < 1.29 is 0 Å². The summed E-state index contributed by atoms with van der Waals surface area (Å²) in [5.74, 6) is 0. The van der Waals surface area contributed by atoms with Gasteiger partial charge in [-0.1, -0.05) is 50.8 Å². The van der Waals surface area contributed by atoms with Gasteiger partial charge in [0.2, 0.25) is 0 Å². The predicted molar refractivity (Wildman–Crippen MR) is 116 cm³/mol. The third-order valence-electron chi connectivity index (χ3n) is 5.73. The van der Waals surface area contributed by atoms with Crippen LogP contribution in [0.25, 0.3) is 16.8 Å². The molecule has 4 nitrogen and oxygen atoms in total. The Kier molecular flexibility index (Phi) is 5.75. The molecule has 4 heteroatoms. The minimum Gasteiger partial charge on any atom is -0.382 e. The largest absolute Gasteiger partial charge is 0.382 e. The fourth-order valence-electron chi connectivity index (χ4n) is 4.17. The van der Waals surface area contributed by atoms with E-state index in [1.807, 2.05) is 18.2 Å². The Morgan fingerprint density at radius 3 is 2.61 bits per heavy atom. The normalized spacial score (nSPS) is 15.0. The number of anilines is 1. The standard InChI is InChI=1S/C24H29N3O/c1-2-3-11-21-23(24(28)27-17-8-7-12-22(27)26-21)18-13-15-20(16-14-18)25-19-9-5-4-6-10-19/h7-8,12-17,19,25H,2-6,9-11H2,1H3. The van der Waals surface area contributed by atoms with Crippen molar-refractivity contribution in [2.75, 3.05) is 5.32 Å². The van der Waals surface area contributed by atoms with Crippen LogP contribution in [0.1, 0.15) is 57.6 Å². The summed E-state index contributed by atoms with van der Waals surface area (Å²) in [4.78, 5) is 18.0. The minimum absolute atomic E-state index is 0.0182. The molecule has 0 saturated heterocycles. The lowest BCUT2D eigenvalue weighted by molar-refractivity contribution is 0.463. The van der Waals surface area contributed by atoms with Gasteiger partial charge in [-0.3, -0.25) is 9.20 Å². The second kappa shape index (κ2) is 8.59. The Morgan fingerprint density at radius 1 is 1.07 bits per heavy atom. The van der Waals surface area contributed by atoms with E-state index in [-0.39, 0.29) is 5.56 Å². The van der Waals surface area contributed by atoms with Crippen LogP contribution >= 0.6 is 0 Å². The van der Waals surface area contributed by atoms with E-state index < -0.39 is 0 Å². The van der Waals surface area contributed by atoms with Gasteiger partial charge in [-0.15, -0.1) is 0 Å². The zero-order valence-corrected chi connectivity index (χ0v) is 16.7. The number of unbranched alkanes of at least 4 members (excludes halogenated alkanes) is 1. The number of hydrogen-bond acceptors (Lipinski definition) is 3. The van der Waals surface area contributed by atoms with Crippen molar-refractivity contribution in [3.05, 3.63) is 64.7 Å². The molecule has 2 heterocycles. The number of rotatable bonds is 6. The van der Waals surface area contributed by atoms with Gasteiger partial charge in [0.25, 0.3) is 5.56 Å². The zero-order valence-electron chi connectivity index (χ0n) is 16.7. The fraction of sp³-hybridized carbons (Fsp3) is 0.417. The summed E-state index contributed by atoms with van der Waals surface area (Å²) < 4.78 is 1.65. The molecule has 0 radical (unpaired) electrons. The number of nitrogens with zero attached hydrogens (tertiary/aromatic N) is 2. The van der Waals surface area contributed by atoms with Gasteiger partial charge in [0.05, 0.1) is 11.3 Å². The van der Waals surface area contributed by atoms with Crippen molar-refractivity contribution in [1.82, 2.24) is 9.38 Å². The van der Waals surface area contributed by atoms with Gasteiger partial charge in [0.15, 0.2) is 0 Å². The van der Waals surface area contributed by atoms with Gasteiger partial charge in [-0.05, 0) is 55.5 Å². The number of aryl methyl sites for hydroxylation is 1. The van der Waals surface area contributed by atoms with Gasteiger partial charge in [-0.2, -0.15) is 0 Å². The zero-order chi connectivity index (χ0) is 19.3. The summed E-state index contributed by atoms with van der Waals surface area (Å²) >= 11 is 0. The first-order chi connectivity index (χ1) is 13.8. The molecule has 0 bridgehead atoms. The molecule has 1 aliphatic carbocycles. The van der Waals surface area contributed by atoms with Crippen LogP contribution in [-0.4, -0.2) is 15.4 Å². The molecule has 4 rings (SSSR count). The lowest BCUT2D eigenvalue weighted by Crippen LogP contribution is -2.22. The molecule has 1 fully saturated rings. The van der Waals surface area contributed by atoms with Gasteiger partial charge >= 0.3 is 0 Å². The molecule has 0 aliphatic heterocycles. The van der Waals surface area contributed by atoms with E-state index in [9.17, 15) is 4.79 Å². The Balaban J connectivity index is 1.68. The Morgan fingerprint density at radius 2 is 1.86 bits per heavy atom. The summed E-state index contributed by atoms with van der Waals surface area (Å²) in [6.07, 6.45) is 11.2. The molecule has 2 aromatic heterocycles. The first kappa shape index (κ1) is 18.7. The van der Waals surface area contributed by atoms with Crippen molar-refractivity contribution in [1.29, 1.82) is 0 Å². The molecule has 0 amide bonds. The maximum atomic E-state index is 13.2. The summed E-state index contributed by atoms with van der Waals surface area (Å²) in [7, 11) is 0. The summed E-state index contributed by atoms with van der Waals surface area (Å²) in [6.45, 7) is 2.17. The van der Waals surface area contributed by atoms with E-state index in [0.717, 1.165) is 47.4 Å². The van der Waals surface area contributed by atoms with E-state index >= 15 is 0 Å². The molecule has 3 aromatic rings. The number of aromatic nitrogens is 2. The van der Waals surface area contributed by atoms with Crippen molar-refractivity contribution in [2.45, 2.75) is 64.3 Å². The summed E-state index contributed by atoms with van der Waals surface area (Å²) in [5.41, 5.74) is 4.48. The van der Waals surface area contributed by atoms with Crippen molar-refractivity contribution >= 4 is 11.3 Å². The average Bonchev–Trinajstić information content (AvgIpc) is 2.74. The highest BCUT2D eigenvalue weighted by Crippen LogP contribution is 2.25. The van der Waals surface area contributed by atoms with Crippen LogP contribution < -0.4 is 10.9 Å². The van der Waals surface area contributed by atoms with Gasteiger partial charge in [0, 0.05) is 17.9 Å². The van der Waals surface area contributed by atoms with Gasteiger partial charge in [0.1, 0.15) is 5.65 Å². The number of hydrogen-bond donors (Lipinski definition) is 1. The smallest absolute Gasteiger partial charge is 0.265 e. The first-order valence-corrected chi connectivity index (χ1v) is 10.6. The Labute approximate surface area is 166 Å². The Hall–Kier alpha value is -2.62. The molecule has 0 unspecified atom stereocenters. The second-order valence-corrected chi connectivity index (χ2v) is 7.83. The molecule has 0 spiro atoms. The van der Waals surface area contributed by atoms with Crippen LogP contribution in [0.5, 0.6) is 0 Å². The fourth-order valence-corrected chi connectivity index (χ4v) is 4.17. The second-order valence-electron chi connectivity index (χ2n) is 7.83. The highest BCUT2D eigenvalue weighted by molar-refractivity contribution is 5.69. The number of benzene rings is 1. The quantitative estimate of drug-likeness (QED) is 0.623. The minimum atomic E-state index is 0.0182. The van der Waals surface area contributed by atoms with Crippen molar-refractivity contribution in [2.24, 2.45) is 0 Å². The molecular weight excluding hydrogens is 346 g/mol. The lowest BCUT2D eigenvalue weighted by atomic mass is 9.95. The van der Waals surface area contributed by atoms with E-state index in [1.54, 1.807) is 10.6 Å². The highest BCUT2D eigenvalue weighted by Gasteiger charge is 2.16. The van der Waals surface area contributed by atoms with Crippen LogP contribution in [0.3, 0.4) is 0 Å². The van der Waals surface area contributed by atoms with E-state index in [4.69, 9.17) is 4.98 Å². The molecule has 146 valence electrons. The van der Waals surface area contributed by atoms with E-state index in [1.165, 1.54) is 32.1 Å². The van der Waals surface area contributed by atoms with Crippen LogP contribution in [0.2, 0.25) is 0 Å². The molecule has 1 N–H and O–H groups in total. The highest BCUT2D eigenvalue weighted by atomic mass is 16.1. The van der Waals surface area contributed by atoms with Crippen LogP contribution in [0.15, 0.2) is 53.5 Å². The van der Waals surface area contributed by atoms with Crippen LogP contribution in [0, 0.1) is 0 Å². The molecule has 1 saturated carbocycles. The monoisotopic (exact) mass is 375 g/mol. The van der Waals surface area contributed by atoms with Crippen LogP contribution in [0.4, 0.5) is 5.69 Å². The third kappa shape index (κ3) is 3.96. The predicted octanol–water partition coefficient (Wildman–Crippen LogP) is 5.45. The van der Waals surface area contributed by atoms with E-state index in [0.29, 0.717) is 6.04 Å². The number of pyridine rings is 1. The molecular formula is C24H29N3O. The topological polar surface area (TPSA) is 46.4 Å². The molecule has 28 heavy (non-hydrogen) atoms. The summed E-state index contributed by atoms with van der Waals surface area (Å²) in [5, 5.41) is 3.65. The van der Waals surface area contributed by atoms with Crippen LogP contribution in [-0.2, 0) is 6.42 Å². The van der Waals surface area contributed by atoms with Crippen molar-refractivity contribution in [3.63, 3.8) is 0 Å². The SMILES string of the molecule is CCCCc1nc2ccccn2c(=O)c1-c1ccc(NC2CCCCC2)cc1. The summed E-state index contributed by atoms with van der Waals surface area (Å²) in [6, 6.07) is 14.6. The lowest BCUT2D eigenvalue weighted by Gasteiger charge is -2.24. The van der Waals surface area contributed by atoms with Crippen molar-refractivity contribution in [3.8, 4) is 11.1 Å².